The number of benzene rings is 2. The van der Waals surface area contributed by atoms with Crippen LogP contribution in [-0.4, -0.2) is 94.4 Å². The van der Waals surface area contributed by atoms with E-state index in [1.54, 1.807) is 17.0 Å². The van der Waals surface area contributed by atoms with Crippen molar-refractivity contribution in [3.63, 3.8) is 0 Å². The molecule has 13 heteroatoms. The number of piperazine rings is 1. The van der Waals surface area contributed by atoms with Crippen LogP contribution in [0, 0.1) is 23.0 Å². The summed E-state index contributed by atoms with van der Waals surface area (Å²) in [5, 5.41) is 31.3. The van der Waals surface area contributed by atoms with Crippen molar-refractivity contribution in [1.82, 2.24) is 19.8 Å². The van der Waals surface area contributed by atoms with Crippen molar-refractivity contribution in [3.05, 3.63) is 64.2 Å². The standard InChI is InChI=1S/C33H33F2N7O3S/c1-18-14-40(17-28(45)41-15-22(43)16-41)9-10-42(18)21-11-24-30(25(35)12-21)37-31-23(7-8-26(31)44)32(24)39(2)33-38-29(27(13-36)46-33)19-3-5-20(34)6-4-19/h3-6,11-12,18,22,26,43-44H,7-10,14-17H2,1-2H3/t18-,26?/m1/s1. The third kappa shape index (κ3) is 5.35. The molecule has 2 saturated heterocycles. The number of carbonyl (C=O) groups is 1. The first-order chi connectivity index (χ1) is 22.1. The van der Waals surface area contributed by atoms with E-state index in [0.717, 1.165) is 5.56 Å². The van der Waals surface area contributed by atoms with Crippen LogP contribution in [0.4, 0.5) is 25.3 Å². The average molecular weight is 646 g/mol. The quantitative estimate of drug-likeness (QED) is 0.321. The van der Waals surface area contributed by atoms with Gasteiger partial charge in [-0.05, 0) is 56.2 Å². The van der Waals surface area contributed by atoms with Gasteiger partial charge in [-0.2, -0.15) is 5.26 Å². The molecule has 46 heavy (non-hydrogen) atoms. The average Bonchev–Trinajstić information content (AvgIpc) is 3.62. The molecule has 2 fully saturated rings. The van der Waals surface area contributed by atoms with Crippen LogP contribution in [0.3, 0.4) is 0 Å². The molecule has 238 valence electrons. The molecule has 4 aromatic rings. The molecular formula is C33H33F2N7O3S. The molecule has 4 heterocycles. The lowest BCUT2D eigenvalue weighted by Gasteiger charge is -2.43. The number of carbonyl (C=O) groups excluding carboxylic acids is 1. The molecule has 0 spiro atoms. The second-order valence-corrected chi connectivity index (χ2v) is 13.3. The van der Waals surface area contributed by atoms with Gasteiger partial charge in [0.15, 0.2) is 10.9 Å². The van der Waals surface area contributed by atoms with Crippen molar-refractivity contribution in [2.45, 2.75) is 38.0 Å². The third-order valence-electron chi connectivity index (χ3n) is 9.19. The molecule has 2 aliphatic heterocycles. The topological polar surface area (TPSA) is 120 Å². The maximum Gasteiger partial charge on any atom is 0.236 e. The Morgan fingerprint density at radius 2 is 1.89 bits per heavy atom. The Kier molecular flexibility index (Phi) is 7.84. The first-order valence-corrected chi connectivity index (χ1v) is 16.1. The van der Waals surface area contributed by atoms with Crippen molar-refractivity contribution in [2.24, 2.45) is 0 Å². The number of pyridine rings is 1. The van der Waals surface area contributed by atoms with Crippen LogP contribution < -0.4 is 9.80 Å². The summed E-state index contributed by atoms with van der Waals surface area (Å²) in [6, 6.07) is 11.4. The summed E-state index contributed by atoms with van der Waals surface area (Å²) >= 11 is 1.19. The lowest BCUT2D eigenvalue weighted by atomic mass is 10.0. The van der Waals surface area contributed by atoms with Crippen LogP contribution in [0.5, 0.6) is 0 Å². The first-order valence-electron chi connectivity index (χ1n) is 15.3. The van der Waals surface area contributed by atoms with E-state index in [-0.39, 0.29) is 29.8 Å². The Bertz CT molecular complexity index is 1870. The summed E-state index contributed by atoms with van der Waals surface area (Å²) in [5.74, 6) is -0.891. The van der Waals surface area contributed by atoms with Crippen molar-refractivity contribution >= 4 is 44.7 Å². The Hall–Kier alpha value is -4.22. The minimum absolute atomic E-state index is 0.00169. The minimum Gasteiger partial charge on any atom is -0.389 e. The van der Waals surface area contributed by atoms with Crippen LogP contribution in [0.1, 0.15) is 35.6 Å². The Morgan fingerprint density at radius 1 is 1.13 bits per heavy atom. The highest BCUT2D eigenvalue weighted by molar-refractivity contribution is 7.16. The van der Waals surface area contributed by atoms with Gasteiger partial charge < -0.3 is 24.9 Å². The molecule has 2 N–H and O–H groups in total. The van der Waals surface area contributed by atoms with Gasteiger partial charge in [-0.25, -0.2) is 18.7 Å². The smallest absolute Gasteiger partial charge is 0.236 e. The highest BCUT2D eigenvalue weighted by Gasteiger charge is 2.34. The number of thiazole rings is 1. The summed E-state index contributed by atoms with van der Waals surface area (Å²) in [5.41, 5.74) is 3.81. The van der Waals surface area contributed by atoms with Gasteiger partial charge >= 0.3 is 0 Å². The highest BCUT2D eigenvalue weighted by Crippen LogP contribution is 2.45. The minimum atomic E-state index is -0.818. The molecule has 10 nitrogen and oxygen atoms in total. The fraction of sp³-hybridized carbons (Fsp3) is 0.394. The maximum atomic E-state index is 16.0. The number of aliphatic hydroxyl groups is 2. The number of anilines is 3. The normalized spacial score (nSPS) is 20.1. The number of likely N-dealkylation sites (tertiary alicyclic amines) is 1. The number of aromatic nitrogens is 2. The summed E-state index contributed by atoms with van der Waals surface area (Å²) < 4.78 is 29.6. The molecule has 0 saturated carbocycles. The zero-order valence-electron chi connectivity index (χ0n) is 25.5. The summed E-state index contributed by atoms with van der Waals surface area (Å²) in [4.78, 5) is 30.1. The zero-order valence-corrected chi connectivity index (χ0v) is 26.3. The molecular weight excluding hydrogens is 612 g/mol. The van der Waals surface area contributed by atoms with E-state index in [1.165, 1.54) is 29.5 Å². The van der Waals surface area contributed by atoms with Crippen LogP contribution in [0.15, 0.2) is 36.4 Å². The molecule has 0 radical (unpaired) electrons. The van der Waals surface area contributed by atoms with E-state index in [1.807, 2.05) is 24.9 Å². The lowest BCUT2D eigenvalue weighted by Crippen LogP contribution is -2.58. The van der Waals surface area contributed by atoms with E-state index in [2.05, 4.69) is 20.9 Å². The Labute approximate surface area is 268 Å². The molecule has 1 aliphatic carbocycles. The van der Waals surface area contributed by atoms with Crippen molar-refractivity contribution in [3.8, 4) is 17.3 Å². The molecule has 7 rings (SSSR count). The number of hydrogen-bond acceptors (Lipinski definition) is 10. The first kappa shape index (κ1) is 30.4. The number of amides is 1. The second-order valence-electron chi connectivity index (χ2n) is 12.3. The summed E-state index contributed by atoms with van der Waals surface area (Å²) in [7, 11) is 1.81. The lowest BCUT2D eigenvalue weighted by molar-refractivity contribution is -0.142. The van der Waals surface area contributed by atoms with Gasteiger partial charge in [0.25, 0.3) is 0 Å². The Morgan fingerprint density at radius 3 is 2.59 bits per heavy atom. The fourth-order valence-electron chi connectivity index (χ4n) is 6.78. The van der Waals surface area contributed by atoms with Crippen LogP contribution >= 0.6 is 11.3 Å². The van der Waals surface area contributed by atoms with E-state index < -0.39 is 18.0 Å². The van der Waals surface area contributed by atoms with Crippen LogP contribution in [-0.2, 0) is 11.2 Å². The van der Waals surface area contributed by atoms with E-state index in [9.17, 15) is 24.7 Å². The molecule has 2 atom stereocenters. The van der Waals surface area contributed by atoms with E-state index in [0.29, 0.717) is 89.3 Å². The van der Waals surface area contributed by atoms with Crippen LogP contribution in [0.2, 0.25) is 0 Å². The van der Waals surface area contributed by atoms with Gasteiger partial charge in [0, 0.05) is 68.0 Å². The number of rotatable bonds is 6. The molecule has 3 aliphatic rings. The number of β-amino-alcohol motifs (C(OH)–C–C–N with tert-alkyl or cyclic N) is 1. The van der Waals surface area contributed by atoms with Gasteiger partial charge in [0.2, 0.25) is 5.91 Å². The molecule has 2 aromatic carbocycles. The fourth-order valence-corrected chi connectivity index (χ4v) is 7.63. The van der Waals surface area contributed by atoms with Gasteiger partial charge in [0.1, 0.15) is 28.0 Å². The van der Waals surface area contributed by atoms with E-state index >= 15 is 4.39 Å². The molecule has 0 bridgehead atoms. The summed E-state index contributed by atoms with van der Waals surface area (Å²) in [6.07, 6.45) is -0.249. The largest absolute Gasteiger partial charge is 0.389 e. The maximum absolute atomic E-state index is 16.0. The molecule has 1 unspecified atom stereocenters. The SMILES string of the molecule is C[C@@H]1CN(CC(=O)N2CC(O)C2)CCN1c1cc(F)c2nc3c(c(N(C)c4nc(-c5ccc(F)cc5)c(C#N)s4)c2c1)CCC3O. The second kappa shape index (κ2) is 11.9. The highest BCUT2D eigenvalue weighted by atomic mass is 32.1. The predicted octanol–water partition coefficient (Wildman–Crippen LogP) is 3.97. The number of fused-ring (bicyclic) bond motifs is 2. The monoisotopic (exact) mass is 645 g/mol. The van der Waals surface area contributed by atoms with Gasteiger partial charge in [0.05, 0.1) is 30.1 Å². The number of nitriles is 1. The Balaban J connectivity index is 1.24. The molecule has 1 amide bonds. The van der Waals surface area contributed by atoms with E-state index in [4.69, 9.17) is 4.98 Å². The predicted molar refractivity (Wildman–Crippen MR) is 171 cm³/mol. The number of aliphatic hydroxyl groups excluding tert-OH is 2. The van der Waals surface area contributed by atoms with Crippen molar-refractivity contribution in [1.29, 1.82) is 5.26 Å². The van der Waals surface area contributed by atoms with Gasteiger partial charge in [-0.15, -0.1) is 0 Å². The van der Waals surface area contributed by atoms with Gasteiger partial charge in [-0.1, -0.05) is 11.3 Å². The van der Waals surface area contributed by atoms with Crippen molar-refractivity contribution < 1.29 is 23.8 Å². The number of hydrogen-bond donors (Lipinski definition) is 2. The van der Waals surface area contributed by atoms with Gasteiger partial charge in [-0.3, -0.25) is 9.69 Å². The zero-order chi connectivity index (χ0) is 32.3. The number of nitrogens with zero attached hydrogens (tertiary/aromatic N) is 7. The summed E-state index contributed by atoms with van der Waals surface area (Å²) in [6.45, 7) is 4.91. The number of halogens is 2. The van der Waals surface area contributed by atoms with Crippen molar-refractivity contribution in [2.75, 3.05) is 56.1 Å². The van der Waals surface area contributed by atoms with Crippen LogP contribution in [0.25, 0.3) is 22.2 Å². The molecule has 2 aromatic heterocycles. The third-order valence-corrected chi connectivity index (χ3v) is 10.2.